The Morgan fingerprint density at radius 2 is 2.00 bits per heavy atom. The van der Waals surface area contributed by atoms with Crippen molar-refractivity contribution < 1.29 is 19.1 Å². The van der Waals surface area contributed by atoms with Gasteiger partial charge in [-0.2, -0.15) is 0 Å². The van der Waals surface area contributed by atoms with Gasteiger partial charge in [-0.15, -0.1) is 0 Å². The topological polar surface area (TPSA) is 55.8 Å². The predicted octanol–water partition coefficient (Wildman–Crippen LogP) is 1.36. The van der Waals surface area contributed by atoms with Gasteiger partial charge in [-0.05, 0) is 47.1 Å². The summed E-state index contributed by atoms with van der Waals surface area (Å²) in [7, 11) is 0. The lowest BCUT2D eigenvalue weighted by Gasteiger charge is -2.26. The van der Waals surface area contributed by atoms with Crippen LogP contribution < -0.4 is 0 Å². The molecule has 18 heavy (non-hydrogen) atoms. The third kappa shape index (κ3) is 4.64. The fourth-order valence-corrected chi connectivity index (χ4v) is 2.02. The second kappa shape index (κ2) is 6.18. The first-order valence-corrected chi connectivity index (χ1v) is 6.46. The average molecular weight is 257 g/mol. The van der Waals surface area contributed by atoms with Crippen molar-refractivity contribution in [3.63, 3.8) is 0 Å². The van der Waals surface area contributed by atoms with E-state index in [1.54, 1.807) is 6.92 Å². The lowest BCUT2D eigenvalue weighted by molar-refractivity contribution is -0.161. The number of rotatable bonds is 4. The molecule has 1 aliphatic heterocycles. The van der Waals surface area contributed by atoms with Crippen molar-refractivity contribution in [2.75, 3.05) is 19.7 Å². The summed E-state index contributed by atoms with van der Waals surface area (Å²) >= 11 is 0. The van der Waals surface area contributed by atoms with E-state index in [1.807, 2.05) is 25.7 Å². The predicted molar refractivity (Wildman–Crippen MR) is 67.1 cm³/mol. The summed E-state index contributed by atoms with van der Waals surface area (Å²) in [6.07, 6.45) is 1.65. The summed E-state index contributed by atoms with van der Waals surface area (Å²) in [5, 5.41) is 0. The maximum absolute atomic E-state index is 12.0. The molecule has 0 amide bonds. The molecule has 1 rings (SSSR count). The summed E-state index contributed by atoms with van der Waals surface area (Å²) in [6, 6.07) is -0.311. The Kier molecular flexibility index (Phi) is 5.14. The SMILES string of the molecule is CCOC(=O)CN1CCC[C@H]1C(=O)OC(C)(C)C. The molecule has 1 saturated heterocycles. The Balaban J connectivity index is 2.54. The second-order valence-electron chi connectivity index (χ2n) is 5.47. The van der Waals surface area contributed by atoms with E-state index in [-0.39, 0.29) is 24.5 Å². The molecule has 0 aromatic rings. The second-order valence-corrected chi connectivity index (χ2v) is 5.47. The highest BCUT2D eigenvalue weighted by Gasteiger charge is 2.35. The minimum absolute atomic E-state index is 0.164. The molecule has 1 aliphatic rings. The Labute approximate surface area is 108 Å². The lowest BCUT2D eigenvalue weighted by Crippen LogP contribution is -2.43. The van der Waals surface area contributed by atoms with Crippen LogP contribution in [-0.2, 0) is 19.1 Å². The number of esters is 2. The fraction of sp³-hybridized carbons (Fsp3) is 0.846. The highest BCUT2D eigenvalue weighted by atomic mass is 16.6. The van der Waals surface area contributed by atoms with E-state index in [1.165, 1.54) is 0 Å². The summed E-state index contributed by atoms with van der Waals surface area (Å²) < 4.78 is 10.3. The molecule has 1 atom stereocenters. The number of hydrogen-bond acceptors (Lipinski definition) is 5. The molecular weight excluding hydrogens is 234 g/mol. The zero-order valence-corrected chi connectivity index (χ0v) is 11.7. The number of likely N-dealkylation sites (tertiary alicyclic amines) is 1. The van der Waals surface area contributed by atoms with Gasteiger partial charge in [-0.1, -0.05) is 0 Å². The largest absolute Gasteiger partial charge is 0.465 e. The van der Waals surface area contributed by atoms with Gasteiger partial charge in [0.15, 0.2) is 0 Å². The summed E-state index contributed by atoms with van der Waals surface area (Å²) in [5.74, 6) is -0.530. The minimum atomic E-state index is -0.491. The molecule has 1 heterocycles. The quantitative estimate of drug-likeness (QED) is 0.712. The zero-order chi connectivity index (χ0) is 13.8. The molecule has 0 unspecified atom stereocenters. The molecule has 0 saturated carbocycles. The summed E-state index contributed by atoms with van der Waals surface area (Å²) in [6.45, 7) is 8.57. The van der Waals surface area contributed by atoms with E-state index < -0.39 is 5.60 Å². The summed E-state index contributed by atoms with van der Waals surface area (Å²) in [5.41, 5.74) is -0.491. The first kappa shape index (κ1) is 15.0. The maximum atomic E-state index is 12.0. The number of carbonyl (C=O) groups excluding carboxylic acids is 2. The molecule has 5 nitrogen and oxygen atoms in total. The molecular formula is C13H23NO4. The van der Waals surface area contributed by atoms with Crippen LogP contribution in [0.3, 0.4) is 0 Å². The van der Waals surface area contributed by atoms with Crippen molar-refractivity contribution in [3.05, 3.63) is 0 Å². The smallest absolute Gasteiger partial charge is 0.323 e. The first-order chi connectivity index (χ1) is 8.33. The third-order valence-corrected chi connectivity index (χ3v) is 2.68. The van der Waals surface area contributed by atoms with Crippen molar-refractivity contribution >= 4 is 11.9 Å². The first-order valence-electron chi connectivity index (χ1n) is 6.46. The van der Waals surface area contributed by atoms with Crippen LogP contribution in [0.15, 0.2) is 0 Å². The molecule has 0 bridgehead atoms. The van der Waals surface area contributed by atoms with Crippen molar-refractivity contribution in [1.29, 1.82) is 0 Å². The number of carbonyl (C=O) groups is 2. The van der Waals surface area contributed by atoms with Crippen LogP contribution in [0.5, 0.6) is 0 Å². The number of nitrogens with zero attached hydrogens (tertiary/aromatic N) is 1. The van der Waals surface area contributed by atoms with Gasteiger partial charge in [0, 0.05) is 0 Å². The Bertz CT molecular complexity index is 309. The molecule has 0 spiro atoms. The van der Waals surface area contributed by atoms with Crippen LogP contribution in [0.2, 0.25) is 0 Å². The Morgan fingerprint density at radius 1 is 1.33 bits per heavy atom. The highest BCUT2D eigenvalue weighted by molar-refractivity contribution is 5.78. The lowest BCUT2D eigenvalue weighted by atomic mass is 10.1. The fourth-order valence-electron chi connectivity index (χ4n) is 2.02. The van der Waals surface area contributed by atoms with Crippen LogP contribution in [0.4, 0.5) is 0 Å². The molecule has 5 heteroatoms. The van der Waals surface area contributed by atoms with Gasteiger partial charge >= 0.3 is 11.9 Å². The Hall–Kier alpha value is -1.10. The monoisotopic (exact) mass is 257 g/mol. The van der Waals surface area contributed by atoms with Crippen LogP contribution >= 0.6 is 0 Å². The molecule has 1 fully saturated rings. The van der Waals surface area contributed by atoms with Gasteiger partial charge in [0.1, 0.15) is 11.6 Å². The van der Waals surface area contributed by atoms with Crippen LogP contribution in [0.1, 0.15) is 40.5 Å². The van der Waals surface area contributed by atoms with Crippen LogP contribution in [0.25, 0.3) is 0 Å². The van der Waals surface area contributed by atoms with E-state index in [4.69, 9.17) is 9.47 Å². The standard InChI is InChI=1S/C13H23NO4/c1-5-17-11(15)9-14-8-6-7-10(14)12(16)18-13(2,3)4/h10H,5-9H2,1-4H3/t10-/m0/s1. The number of hydrogen-bond donors (Lipinski definition) is 0. The zero-order valence-electron chi connectivity index (χ0n) is 11.7. The van der Waals surface area contributed by atoms with E-state index in [0.29, 0.717) is 6.61 Å². The third-order valence-electron chi connectivity index (χ3n) is 2.68. The van der Waals surface area contributed by atoms with Crippen LogP contribution in [-0.4, -0.2) is 48.2 Å². The molecule has 0 aromatic carbocycles. The van der Waals surface area contributed by atoms with Gasteiger partial charge < -0.3 is 9.47 Å². The minimum Gasteiger partial charge on any atom is -0.465 e. The Morgan fingerprint density at radius 3 is 2.56 bits per heavy atom. The number of ether oxygens (including phenoxy) is 2. The van der Waals surface area contributed by atoms with Gasteiger partial charge in [0.25, 0.3) is 0 Å². The van der Waals surface area contributed by atoms with E-state index in [2.05, 4.69) is 0 Å². The van der Waals surface area contributed by atoms with Crippen molar-refractivity contribution in [3.8, 4) is 0 Å². The maximum Gasteiger partial charge on any atom is 0.323 e. The van der Waals surface area contributed by atoms with Gasteiger partial charge in [-0.3, -0.25) is 14.5 Å². The van der Waals surface area contributed by atoms with E-state index in [0.717, 1.165) is 19.4 Å². The van der Waals surface area contributed by atoms with Gasteiger partial charge in [0.2, 0.25) is 0 Å². The normalized spacial score (nSPS) is 20.8. The average Bonchev–Trinajstić information content (AvgIpc) is 2.63. The molecule has 0 N–H and O–H groups in total. The van der Waals surface area contributed by atoms with Crippen molar-refractivity contribution in [2.24, 2.45) is 0 Å². The van der Waals surface area contributed by atoms with Crippen molar-refractivity contribution in [2.45, 2.75) is 52.2 Å². The van der Waals surface area contributed by atoms with E-state index >= 15 is 0 Å². The molecule has 104 valence electrons. The van der Waals surface area contributed by atoms with Gasteiger partial charge in [-0.25, -0.2) is 0 Å². The highest BCUT2D eigenvalue weighted by Crippen LogP contribution is 2.20. The van der Waals surface area contributed by atoms with E-state index in [9.17, 15) is 9.59 Å². The summed E-state index contributed by atoms with van der Waals surface area (Å²) in [4.78, 5) is 25.3. The molecule has 0 aromatic heterocycles. The molecule has 0 aliphatic carbocycles. The van der Waals surface area contributed by atoms with Crippen molar-refractivity contribution in [1.82, 2.24) is 4.90 Å². The van der Waals surface area contributed by atoms with Gasteiger partial charge in [0.05, 0.1) is 13.2 Å². The van der Waals surface area contributed by atoms with Crippen LogP contribution in [0, 0.1) is 0 Å². The molecule has 0 radical (unpaired) electrons.